The molecule has 20 heavy (non-hydrogen) atoms. The van der Waals surface area contributed by atoms with Crippen LogP contribution in [0.5, 0.6) is 0 Å². The van der Waals surface area contributed by atoms with E-state index in [0.717, 1.165) is 32.2 Å². The summed E-state index contributed by atoms with van der Waals surface area (Å²) in [5.74, 6) is 0.269. The molecule has 1 aliphatic heterocycles. The zero-order chi connectivity index (χ0) is 14.5. The fourth-order valence-electron chi connectivity index (χ4n) is 2.77. The van der Waals surface area contributed by atoms with Gasteiger partial charge in [-0.05, 0) is 25.3 Å². The highest BCUT2D eigenvalue weighted by molar-refractivity contribution is 5.84. The topological polar surface area (TPSA) is 32.3 Å². The van der Waals surface area contributed by atoms with Crippen molar-refractivity contribution in [3.8, 4) is 0 Å². The molecule has 0 bridgehead atoms. The molecule has 0 aromatic heterocycles. The van der Waals surface area contributed by atoms with Crippen LogP contribution in [0.25, 0.3) is 0 Å². The van der Waals surface area contributed by atoms with Gasteiger partial charge in [0.2, 0.25) is 5.91 Å². The number of aryl methyl sites for hydroxylation is 1. The summed E-state index contributed by atoms with van der Waals surface area (Å²) in [6.45, 7) is 7.23. The molecule has 1 N–H and O–H groups in total. The van der Waals surface area contributed by atoms with Crippen molar-refractivity contribution in [2.45, 2.75) is 58.7 Å². The van der Waals surface area contributed by atoms with Gasteiger partial charge in [0.25, 0.3) is 0 Å². The molecule has 1 heterocycles. The van der Waals surface area contributed by atoms with E-state index in [0.29, 0.717) is 0 Å². The quantitative estimate of drug-likeness (QED) is 0.862. The Morgan fingerprint density at radius 2 is 1.85 bits per heavy atom. The van der Waals surface area contributed by atoms with Crippen LogP contribution in [-0.4, -0.2) is 23.4 Å². The Morgan fingerprint density at radius 3 is 2.45 bits per heavy atom. The van der Waals surface area contributed by atoms with Crippen molar-refractivity contribution in [2.24, 2.45) is 0 Å². The Morgan fingerprint density at radius 1 is 1.15 bits per heavy atom. The van der Waals surface area contributed by atoms with Crippen molar-refractivity contribution in [3.63, 3.8) is 0 Å². The lowest BCUT2D eigenvalue weighted by Crippen LogP contribution is -2.32. The van der Waals surface area contributed by atoms with E-state index in [1.54, 1.807) is 0 Å². The maximum atomic E-state index is 12.5. The van der Waals surface area contributed by atoms with Gasteiger partial charge in [0.05, 0.1) is 6.04 Å². The average molecular weight is 274 g/mol. The fraction of sp³-hybridized carbons (Fsp3) is 0.588. The Kier molecular flexibility index (Phi) is 5.18. The van der Waals surface area contributed by atoms with Crippen LogP contribution in [-0.2, 0) is 4.79 Å². The van der Waals surface area contributed by atoms with Gasteiger partial charge < -0.3 is 4.90 Å². The summed E-state index contributed by atoms with van der Waals surface area (Å²) in [7, 11) is 0. The number of nitrogens with zero attached hydrogens (tertiary/aromatic N) is 1. The van der Waals surface area contributed by atoms with Crippen LogP contribution < -0.4 is 5.32 Å². The summed E-state index contributed by atoms with van der Waals surface area (Å²) in [6.07, 6.45) is 4.18. The Balaban J connectivity index is 2.19. The van der Waals surface area contributed by atoms with E-state index in [2.05, 4.69) is 50.4 Å². The van der Waals surface area contributed by atoms with Gasteiger partial charge in [0, 0.05) is 6.54 Å². The smallest absolute Gasteiger partial charge is 0.241 e. The maximum absolute atomic E-state index is 12.5. The van der Waals surface area contributed by atoms with E-state index in [-0.39, 0.29) is 18.1 Å². The molecule has 1 aliphatic rings. The Bertz CT molecular complexity index is 441. The van der Waals surface area contributed by atoms with Crippen molar-refractivity contribution in [1.29, 1.82) is 0 Å². The molecular weight excluding hydrogens is 248 g/mol. The van der Waals surface area contributed by atoms with Gasteiger partial charge >= 0.3 is 0 Å². The highest BCUT2D eigenvalue weighted by Gasteiger charge is 2.38. The number of amides is 1. The first-order valence-corrected chi connectivity index (χ1v) is 7.80. The first-order valence-electron chi connectivity index (χ1n) is 7.80. The highest BCUT2D eigenvalue weighted by Crippen LogP contribution is 2.27. The van der Waals surface area contributed by atoms with Gasteiger partial charge in [-0.3, -0.25) is 10.1 Å². The van der Waals surface area contributed by atoms with Gasteiger partial charge in [0.1, 0.15) is 6.17 Å². The molecule has 1 aromatic carbocycles. The van der Waals surface area contributed by atoms with E-state index < -0.39 is 0 Å². The van der Waals surface area contributed by atoms with Crippen molar-refractivity contribution in [2.75, 3.05) is 6.54 Å². The van der Waals surface area contributed by atoms with Crippen LogP contribution in [0.15, 0.2) is 24.3 Å². The number of carbonyl (C=O) groups excluding carboxylic acids is 1. The van der Waals surface area contributed by atoms with E-state index in [1.165, 1.54) is 11.1 Å². The largest absolute Gasteiger partial charge is 0.322 e. The number of hydrogen-bond donors (Lipinski definition) is 1. The molecule has 2 atom stereocenters. The van der Waals surface area contributed by atoms with E-state index >= 15 is 0 Å². The lowest BCUT2D eigenvalue weighted by molar-refractivity contribution is -0.130. The summed E-state index contributed by atoms with van der Waals surface area (Å²) < 4.78 is 0. The SMILES string of the molecule is CCCCN1C(=O)C(CCC)NC1c1ccc(C)cc1. The molecule has 2 rings (SSSR count). The first kappa shape index (κ1) is 15.0. The molecule has 0 aliphatic carbocycles. The van der Waals surface area contributed by atoms with Gasteiger partial charge in [-0.15, -0.1) is 0 Å². The summed E-state index contributed by atoms with van der Waals surface area (Å²) in [4.78, 5) is 14.5. The fourth-order valence-corrected chi connectivity index (χ4v) is 2.77. The summed E-state index contributed by atoms with van der Waals surface area (Å²) in [6, 6.07) is 8.49. The molecule has 1 saturated heterocycles. The number of benzene rings is 1. The molecule has 0 saturated carbocycles. The second-order valence-electron chi connectivity index (χ2n) is 5.71. The summed E-state index contributed by atoms with van der Waals surface area (Å²) in [5.41, 5.74) is 2.45. The highest BCUT2D eigenvalue weighted by atomic mass is 16.2. The molecule has 3 heteroatoms. The molecule has 0 radical (unpaired) electrons. The van der Waals surface area contributed by atoms with Gasteiger partial charge in [-0.1, -0.05) is 56.5 Å². The van der Waals surface area contributed by atoms with Crippen LogP contribution in [0.2, 0.25) is 0 Å². The number of nitrogens with one attached hydrogen (secondary N) is 1. The lowest BCUT2D eigenvalue weighted by Gasteiger charge is -2.24. The number of hydrogen-bond acceptors (Lipinski definition) is 2. The third-order valence-electron chi connectivity index (χ3n) is 3.97. The van der Waals surface area contributed by atoms with Gasteiger partial charge in [-0.2, -0.15) is 0 Å². The second kappa shape index (κ2) is 6.89. The molecule has 3 nitrogen and oxygen atoms in total. The van der Waals surface area contributed by atoms with Crippen molar-refractivity contribution in [1.82, 2.24) is 10.2 Å². The Labute approximate surface area is 122 Å². The number of carbonyl (C=O) groups is 1. The minimum atomic E-state index is -0.0110. The minimum absolute atomic E-state index is 0.0110. The van der Waals surface area contributed by atoms with Crippen LogP contribution >= 0.6 is 0 Å². The van der Waals surface area contributed by atoms with E-state index in [1.807, 2.05) is 4.90 Å². The monoisotopic (exact) mass is 274 g/mol. The van der Waals surface area contributed by atoms with Crippen LogP contribution in [0.1, 0.15) is 56.8 Å². The molecular formula is C17H26N2O. The van der Waals surface area contributed by atoms with Crippen molar-refractivity contribution >= 4 is 5.91 Å². The average Bonchev–Trinajstić information content (AvgIpc) is 2.75. The van der Waals surface area contributed by atoms with Crippen molar-refractivity contribution in [3.05, 3.63) is 35.4 Å². The maximum Gasteiger partial charge on any atom is 0.241 e. The van der Waals surface area contributed by atoms with Gasteiger partial charge in [-0.25, -0.2) is 0 Å². The molecule has 1 aromatic rings. The van der Waals surface area contributed by atoms with Crippen LogP contribution in [0, 0.1) is 6.92 Å². The standard InChI is InChI=1S/C17H26N2O/c1-4-6-12-19-16(14-10-8-13(3)9-11-14)18-15(7-5-2)17(19)20/h8-11,15-16,18H,4-7,12H2,1-3H3. The van der Waals surface area contributed by atoms with E-state index in [4.69, 9.17) is 0 Å². The third kappa shape index (κ3) is 3.21. The second-order valence-corrected chi connectivity index (χ2v) is 5.71. The number of unbranched alkanes of at least 4 members (excludes halogenated alkanes) is 1. The molecule has 2 unspecified atom stereocenters. The van der Waals surface area contributed by atoms with Crippen LogP contribution in [0.4, 0.5) is 0 Å². The zero-order valence-corrected chi connectivity index (χ0v) is 12.9. The minimum Gasteiger partial charge on any atom is -0.322 e. The summed E-state index contributed by atoms with van der Waals surface area (Å²) in [5, 5.41) is 3.51. The molecule has 0 spiro atoms. The number of rotatable bonds is 6. The molecule has 1 fully saturated rings. The third-order valence-corrected chi connectivity index (χ3v) is 3.97. The Hall–Kier alpha value is -1.35. The zero-order valence-electron chi connectivity index (χ0n) is 12.9. The predicted octanol–water partition coefficient (Wildman–Crippen LogP) is 3.39. The van der Waals surface area contributed by atoms with Gasteiger partial charge in [0.15, 0.2) is 0 Å². The van der Waals surface area contributed by atoms with Crippen molar-refractivity contribution < 1.29 is 4.79 Å². The van der Waals surface area contributed by atoms with E-state index in [9.17, 15) is 4.79 Å². The predicted molar refractivity (Wildman–Crippen MR) is 82.4 cm³/mol. The normalized spacial score (nSPS) is 22.6. The van der Waals surface area contributed by atoms with Crippen LogP contribution in [0.3, 0.4) is 0 Å². The first-order chi connectivity index (χ1) is 9.67. The lowest BCUT2D eigenvalue weighted by atomic mass is 10.1. The summed E-state index contributed by atoms with van der Waals surface area (Å²) >= 11 is 0. The molecule has 110 valence electrons. The molecule has 1 amide bonds.